The Morgan fingerprint density at radius 1 is 1.38 bits per heavy atom. The molecule has 3 rings (SSSR count). The van der Waals surface area contributed by atoms with E-state index >= 15 is 0 Å². The molecule has 2 aliphatic rings. The first-order valence-electron chi connectivity index (χ1n) is 7.38. The number of carboxylic acid groups (broad SMARTS) is 1. The highest BCUT2D eigenvalue weighted by atomic mass is 32.2. The fraction of sp³-hybridized carbons (Fsp3) is 0.643. The van der Waals surface area contributed by atoms with Gasteiger partial charge in [-0.25, -0.2) is 13.2 Å². The third-order valence-electron chi connectivity index (χ3n) is 4.13. The molecular weight excluding hydrogens is 292 g/mol. The summed E-state index contributed by atoms with van der Waals surface area (Å²) in [5.74, 6) is -0.613. The molecule has 0 aliphatic heterocycles. The Labute approximate surface area is 124 Å². The molecule has 0 radical (unpaired) electrons. The number of aromatic carboxylic acids is 1. The first kappa shape index (κ1) is 14.6. The second-order valence-electron chi connectivity index (χ2n) is 5.90. The minimum Gasteiger partial charge on any atom is -0.477 e. The van der Waals surface area contributed by atoms with E-state index in [0.29, 0.717) is 19.0 Å². The molecule has 0 spiro atoms. The average Bonchev–Trinajstić information content (AvgIpc) is 3.35. The lowest BCUT2D eigenvalue weighted by Crippen LogP contribution is -2.32. The van der Waals surface area contributed by atoms with Crippen LogP contribution < -0.4 is 0 Å². The van der Waals surface area contributed by atoms with Crippen molar-refractivity contribution < 1.29 is 18.3 Å². The summed E-state index contributed by atoms with van der Waals surface area (Å²) in [5, 5.41) is 9.24. The highest BCUT2D eigenvalue weighted by Gasteiger charge is 2.34. The Morgan fingerprint density at radius 2 is 2.05 bits per heavy atom. The normalized spacial score (nSPS) is 19.1. The SMILES string of the molecule is CCN(CC1CC1)S(=O)(=O)c1cc(C(=O)O)n(C2CC2)c1. The summed E-state index contributed by atoms with van der Waals surface area (Å²) < 4.78 is 28.4. The van der Waals surface area contributed by atoms with Crippen LogP contribution in [0.5, 0.6) is 0 Å². The van der Waals surface area contributed by atoms with Crippen LogP contribution in [0.15, 0.2) is 17.2 Å². The third-order valence-corrected chi connectivity index (χ3v) is 6.04. The monoisotopic (exact) mass is 312 g/mol. The summed E-state index contributed by atoms with van der Waals surface area (Å²) in [5.41, 5.74) is 0.0681. The van der Waals surface area contributed by atoms with Crippen LogP contribution in [0, 0.1) is 5.92 Å². The highest BCUT2D eigenvalue weighted by Crippen LogP contribution is 2.38. The lowest BCUT2D eigenvalue weighted by Gasteiger charge is -2.19. The van der Waals surface area contributed by atoms with Crippen LogP contribution in [-0.2, 0) is 10.0 Å². The van der Waals surface area contributed by atoms with Crippen LogP contribution >= 0.6 is 0 Å². The second-order valence-corrected chi connectivity index (χ2v) is 7.84. The first-order chi connectivity index (χ1) is 9.93. The van der Waals surface area contributed by atoms with Gasteiger partial charge in [-0.2, -0.15) is 4.31 Å². The molecule has 1 aromatic rings. The largest absolute Gasteiger partial charge is 0.477 e. The Hall–Kier alpha value is -1.34. The van der Waals surface area contributed by atoms with Gasteiger partial charge in [-0.1, -0.05) is 6.92 Å². The second kappa shape index (κ2) is 5.14. The van der Waals surface area contributed by atoms with Gasteiger partial charge in [-0.15, -0.1) is 0 Å². The van der Waals surface area contributed by atoms with E-state index in [-0.39, 0.29) is 16.6 Å². The number of hydrogen-bond donors (Lipinski definition) is 1. The molecule has 0 unspecified atom stereocenters. The summed E-state index contributed by atoms with van der Waals surface area (Å²) >= 11 is 0. The Morgan fingerprint density at radius 3 is 2.52 bits per heavy atom. The average molecular weight is 312 g/mol. The van der Waals surface area contributed by atoms with Crippen molar-refractivity contribution in [2.24, 2.45) is 5.92 Å². The maximum absolute atomic E-state index is 12.7. The van der Waals surface area contributed by atoms with Gasteiger partial charge in [0.15, 0.2) is 0 Å². The van der Waals surface area contributed by atoms with Gasteiger partial charge in [0.1, 0.15) is 10.6 Å². The van der Waals surface area contributed by atoms with Gasteiger partial charge in [0.05, 0.1) is 0 Å². The van der Waals surface area contributed by atoms with Crippen molar-refractivity contribution in [1.82, 2.24) is 8.87 Å². The van der Waals surface area contributed by atoms with Gasteiger partial charge < -0.3 is 9.67 Å². The van der Waals surface area contributed by atoms with Crippen LogP contribution in [0.2, 0.25) is 0 Å². The van der Waals surface area contributed by atoms with Gasteiger partial charge in [0, 0.05) is 25.3 Å². The van der Waals surface area contributed by atoms with Gasteiger partial charge >= 0.3 is 5.97 Å². The molecule has 6 nitrogen and oxygen atoms in total. The third kappa shape index (κ3) is 2.85. The molecule has 0 bridgehead atoms. The molecule has 1 heterocycles. The first-order valence-corrected chi connectivity index (χ1v) is 8.82. The summed E-state index contributed by atoms with van der Waals surface area (Å²) in [6.45, 7) is 2.77. The zero-order valence-corrected chi connectivity index (χ0v) is 12.8. The smallest absolute Gasteiger partial charge is 0.352 e. The van der Waals surface area contributed by atoms with Crippen molar-refractivity contribution in [3.05, 3.63) is 18.0 Å². The number of sulfonamides is 1. The van der Waals surface area contributed by atoms with Crippen molar-refractivity contribution in [1.29, 1.82) is 0 Å². The van der Waals surface area contributed by atoms with E-state index in [4.69, 9.17) is 0 Å². The van der Waals surface area contributed by atoms with Crippen molar-refractivity contribution in [3.8, 4) is 0 Å². The van der Waals surface area contributed by atoms with Crippen LogP contribution in [0.3, 0.4) is 0 Å². The fourth-order valence-electron chi connectivity index (χ4n) is 2.56. The van der Waals surface area contributed by atoms with Gasteiger partial charge in [-0.05, 0) is 37.7 Å². The zero-order chi connectivity index (χ0) is 15.2. The topological polar surface area (TPSA) is 79.6 Å². The van der Waals surface area contributed by atoms with Crippen LogP contribution in [-0.4, -0.2) is 41.5 Å². The molecule has 1 aromatic heterocycles. The number of aromatic nitrogens is 1. The minimum absolute atomic E-state index is 0.0681. The minimum atomic E-state index is -3.60. The van der Waals surface area contributed by atoms with Gasteiger partial charge in [0.25, 0.3) is 0 Å². The van der Waals surface area contributed by atoms with E-state index in [1.165, 1.54) is 16.6 Å². The summed E-state index contributed by atoms with van der Waals surface area (Å²) in [7, 11) is -3.60. The molecule has 0 amide bonds. The molecule has 0 saturated heterocycles. The van der Waals surface area contributed by atoms with Crippen LogP contribution in [0.1, 0.15) is 49.1 Å². The molecule has 7 heteroatoms. The summed E-state index contributed by atoms with van der Waals surface area (Å²) in [4.78, 5) is 11.4. The van der Waals surface area contributed by atoms with E-state index in [0.717, 1.165) is 25.7 Å². The Bertz CT molecular complexity index is 657. The molecule has 116 valence electrons. The van der Waals surface area contributed by atoms with E-state index in [2.05, 4.69) is 0 Å². The molecule has 21 heavy (non-hydrogen) atoms. The molecule has 0 aromatic carbocycles. The van der Waals surface area contributed by atoms with E-state index < -0.39 is 16.0 Å². The van der Waals surface area contributed by atoms with Gasteiger partial charge in [-0.3, -0.25) is 0 Å². The van der Waals surface area contributed by atoms with E-state index in [1.807, 2.05) is 6.92 Å². The molecule has 1 N–H and O–H groups in total. The van der Waals surface area contributed by atoms with Crippen molar-refractivity contribution in [2.75, 3.05) is 13.1 Å². The lowest BCUT2D eigenvalue weighted by atomic mass is 10.4. The highest BCUT2D eigenvalue weighted by molar-refractivity contribution is 7.89. The van der Waals surface area contributed by atoms with Crippen molar-refractivity contribution in [2.45, 2.75) is 43.5 Å². The quantitative estimate of drug-likeness (QED) is 0.834. The molecule has 2 fully saturated rings. The van der Waals surface area contributed by atoms with Gasteiger partial charge in [0.2, 0.25) is 10.0 Å². The number of carbonyl (C=O) groups is 1. The Kier molecular flexibility index (Phi) is 3.57. The van der Waals surface area contributed by atoms with Crippen LogP contribution in [0.25, 0.3) is 0 Å². The fourth-order valence-corrected chi connectivity index (χ4v) is 4.11. The lowest BCUT2D eigenvalue weighted by molar-refractivity contribution is 0.0685. The predicted octanol–water partition coefficient (Wildman–Crippen LogP) is 1.94. The summed E-state index contributed by atoms with van der Waals surface area (Å²) in [6.07, 6.45) is 5.47. The Balaban J connectivity index is 1.93. The maximum Gasteiger partial charge on any atom is 0.352 e. The zero-order valence-electron chi connectivity index (χ0n) is 12.0. The molecular formula is C14H20N2O4S. The number of nitrogens with zero attached hydrogens (tertiary/aromatic N) is 2. The van der Waals surface area contributed by atoms with Crippen molar-refractivity contribution >= 4 is 16.0 Å². The van der Waals surface area contributed by atoms with Crippen molar-refractivity contribution in [3.63, 3.8) is 0 Å². The van der Waals surface area contributed by atoms with Crippen LogP contribution in [0.4, 0.5) is 0 Å². The molecule has 2 saturated carbocycles. The standard InChI is InChI=1S/C14H20N2O4S/c1-2-15(8-10-3-4-10)21(19,20)12-7-13(14(17)18)16(9-12)11-5-6-11/h7,9-11H,2-6,8H2,1H3,(H,17,18). The van der Waals surface area contributed by atoms with E-state index in [9.17, 15) is 18.3 Å². The number of carboxylic acids is 1. The number of hydrogen-bond acceptors (Lipinski definition) is 3. The number of rotatable bonds is 7. The maximum atomic E-state index is 12.7. The summed E-state index contributed by atoms with van der Waals surface area (Å²) in [6, 6.07) is 1.43. The molecule has 2 aliphatic carbocycles. The molecule has 0 atom stereocenters. The predicted molar refractivity (Wildman–Crippen MR) is 76.8 cm³/mol. The van der Waals surface area contributed by atoms with E-state index in [1.54, 1.807) is 4.57 Å².